The highest BCUT2D eigenvalue weighted by Gasteiger charge is 2.63. The fraction of sp³-hybridized carbons (Fsp3) is 0.381. The van der Waals surface area contributed by atoms with Crippen LogP contribution >= 0.6 is 0 Å². The number of hydrogen-bond acceptors (Lipinski definition) is 5. The lowest BCUT2D eigenvalue weighted by atomic mass is 9.85. The van der Waals surface area contributed by atoms with Crippen LogP contribution in [0, 0.1) is 0 Å². The van der Waals surface area contributed by atoms with Crippen molar-refractivity contribution < 1.29 is 9.53 Å². The molecule has 4 unspecified atom stereocenters. The van der Waals surface area contributed by atoms with Crippen molar-refractivity contribution in [3.05, 3.63) is 65.7 Å². The van der Waals surface area contributed by atoms with Crippen molar-refractivity contribution in [1.29, 1.82) is 0 Å². The van der Waals surface area contributed by atoms with Crippen molar-refractivity contribution in [3.8, 4) is 0 Å². The standard InChI is InChI=1S/C21H22N4O2/c1-21(2,3)27-20(26)24-17-14-11-7-8-12-15(14)18(24)19-16(17)22-23-25(19)13-9-5-4-6-10-13/h4-12,16-19H,1-3H3. The molecule has 4 atom stereocenters. The van der Waals surface area contributed by atoms with E-state index < -0.39 is 5.60 Å². The highest BCUT2D eigenvalue weighted by Crippen LogP contribution is 2.58. The van der Waals surface area contributed by atoms with Gasteiger partial charge < -0.3 is 4.74 Å². The summed E-state index contributed by atoms with van der Waals surface area (Å²) < 4.78 is 5.74. The fourth-order valence-corrected chi connectivity index (χ4v) is 4.52. The Kier molecular flexibility index (Phi) is 3.35. The zero-order valence-corrected chi connectivity index (χ0v) is 15.6. The van der Waals surface area contributed by atoms with Gasteiger partial charge >= 0.3 is 6.09 Å². The molecule has 0 radical (unpaired) electrons. The molecule has 6 nitrogen and oxygen atoms in total. The third-order valence-electron chi connectivity index (χ3n) is 5.42. The van der Waals surface area contributed by atoms with Crippen LogP contribution in [0.15, 0.2) is 64.9 Å². The van der Waals surface area contributed by atoms with Crippen LogP contribution in [0.25, 0.3) is 0 Å². The van der Waals surface area contributed by atoms with Gasteiger partial charge in [0, 0.05) is 0 Å². The first-order valence-corrected chi connectivity index (χ1v) is 9.31. The van der Waals surface area contributed by atoms with E-state index in [1.165, 1.54) is 5.56 Å². The smallest absolute Gasteiger partial charge is 0.411 e. The van der Waals surface area contributed by atoms with E-state index in [0.29, 0.717) is 0 Å². The minimum Gasteiger partial charge on any atom is -0.444 e. The molecule has 2 aromatic carbocycles. The van der Waals surface area contributed by atoms with Gasteiger partial charge in [0.1, 0.15) is 17.7 Å². The monoisotopic (exact) mass is 362 g/mol. The Morgan fingerprint density at radius 2 is 1.59 bits per heavy atom. The van der Waals surface area contributed by atoms with Crippen molar-refractivity contribution in [2.24, 2.45) is 10.3 Å². The molecule has 0 N–H and O–H groups in total. The summed E-state index contributed by atoms with van der Waals surface area (Å²) in [5.74, 6) is 0. The normalized spacial score (nSPS) is 27.7. The molecule has 27 heavy (non-hydrogen) atoms. The molecule has 1 fully saturated rings. The predicted molar refractivity (Wildman–Crippen MR) is 101 cm³/mol. The van der Waals surface area contributed by atoms with E-state index >= 15 is 0 Å². The molecule has 138 valence electrons. The van der Waals surface area contributed by atoms with Gasteiger partial charge in [-0.15, -0.1) is 0 Å². The number of amides is 1. The molecule has 0 saturated carbocycles. The van der Waals surface area contributed by atoms with Crippen LogP contribution < -0.4 is 5.01 Å². The average Bonchev–Trinajstić information content (AvgIpc) is 3.29. The van der Waals surface area contributed by atoms with Crippen molar-refractivity contribution in [2.45, 2.75) is 50.5 Å². The second-order valence-electron chi connectivity index (χ2n) is 8.27. The molecule has 0 aromatic heterocycles. The lowest BCUT2D eigenvalue weighted by Gasteiger charge is -2.31. The Morgan fingerprint density at radius 1 is 0.963 bits per heavy atom. The summed E-state index contributed by atoms with van der Waals surface area (Å²) in [6.45, 7) is 5.69. The van der Waals surface area contributed by atoms with Gasteiger partial charge in [0.15, 0.2) is 0 Å². The van der Waals surface area contributed by atoms with Crippen molar-refractivity contribution in [2.75, 3.05) is 5.01 Å². The number of benzene rings is 2. The van der Waals surface area contributed by atoms with Crippen LogP contribution in [-0.4, -0.2) is 28.7 Å². The van der Waals surface area contributed by atoms with Crippen LogP contribution in [0.4, 0.5) is 10.5 Å². The molecule has 3 aliphatic rings. The summed E-state index contributed by atoms with van der Waals surface area (Å²) in [5.41, 5.74) is 2.77. The molecule has 6 heteroatoms. The number of carbonyl (C=O) groups excluding carboxylic acids is 1. The first-order valence-electron chi connectivity index (χ1n) is 9.31. The highest BCUT2D eigenvalue weighted by molar-refractivity contribution is 5.74. The Bertz CT molecular complexity index is 921. The maximum Gasteiger partial charge on any atom is 0.411 e. The van der Waals surface area contributed by atoms with Crippen LogP contribution in [0.5, 0.6) is 0 Å². The number of para-hydroxylation sites is 1. The largest absolute Gasteiger partial charge is 0.444 e. The minimum atomic E-state index is -0.541. The number of anilines is 1. The zero-order chi connectivity index (χ0) is 18.8. The van der Waals surface area contributed by atoms with Gasteiger partial charge in [-0.1, -0.05) is 47.7 Å². The minimum absolute atomic E-state index is 0.0141. The number of hydrogen-bond donors (Lipinski definition) is 0. The molecule has 0 spiro atoms. The van der Waals surface area contributed by atoms with E-state index in [9.17, 15) is 4.79 Å². The number of carbonyl (C=O) groups is 1. The van der Waals surface area contributed by atoms with E-state index in [4.69, 9.17) is 4.74 Å². The first kappa shape index (κ1) is 16.3. The van der Waals surface area contributed by atoms with Gasteiger partial charge in [0.2, 0.25) is 0 Å². The Hall–Kier alpha value is -2.89. The Balaban J connectivity index is 1.58. The van der Waals surface area contributed by atoms with E-state index in [0.717, 1.165) is 11.3 Å². The number of fused-ring (bicyclic) bond motifs is 8. The summed E-state index contributed by atoms with van der Waals surface area (Å²) in [4.78, 5) is 15.0. The second-order valence-corrected chi connectivity index (χ2v) is 8.27. The maximum absolute atomic E-state index is 13.1. The van der Waals surface area contributed by atoms with Crippen LogP contribution in [0.2, 0.25) is 0 Å². The van der Waals surface area contributed by atoms with E-state index in [1.54, 1.807) is 0 Å². The molecule has 0 aliphatic carbocycles. The molecule has 5 rings (SSSR count). The lowest BCUT2D eigenvalue weighted by Crippen LogP contribution is -2.40. The van der Waals surface area contributed by atoms with Gasteiger partial charge in [-0.05, 0) is 44.0 Å². The van der Waals surface area contributed by atoms with Crippen LogP contribution in [0.3, 0.4) is 0 Å². The zero-order valence-electron chi connectivity index (χ0n) is 15.6. The fourth-order valence-electron chi connectivity index (χ4n) is 4.52. The molecule has 1 amide bonds. The molecule has 3 aliphatic heterocycles. The van der Waals surface area contributed by atoms with E-state index in [-0.39, 0.29) is 30.3 Å². The molecular weight excluding hydrogens is 340 g/mol. The number of ether oxygens (including phenoxy) is 1. The SMILES string of the molecule is CC(C)(C)OC(=O)N1C2c3ccccc3C1C1C2N=NN1c1ccccc1. The van der Waals surface area contributed by atoms with Crippen molar-refractivity contribution in [1.82, 2.24) is 4.90 Å². The lowest BCUT2D eigenvalue weighted by molar-refractivity contribution is 0.0165. The summed E-state index contributed by atoms with van der Waals surface area (Å²) >= 11 is 0. The third kappa shape index (κ3) is 2.36. The summed E-state index contributed by atoms with van der Waals surface area (Å²) in [5, 5.41) is 11.0. The molecule has 3 heterocycles. The van der Waals surface area contributed by atoms with E-state index in [2.05, 4.69) is 22.5 Å². The summed E-state index contributed by atoms with van der Waals surface area (Å²) in [6, 6.07) is 17.9. The summed E-state index contributed by atoms with van der Waals surface area (Å²) in [7, 11) is 0. The number of nitrogens with zero attached hydrogens (tertiary/aromatic N) is 4. The quantitative estimate of drug-likeness (QED) is 0.741. The molecule has 1 saturated heterocycles. The third-order valence-corrected chi connectivity index (χ3v) is 5.42. The Labute approximate surface area is 158 Å². The van der Waals surface area contributed by atoms with E-state index in [1.807, 2.05) is 73.1 Å². The maximum atomic E-state index is 13.1. The number of rotatable bonds is 1. The average molecular weight is 362 g/mol. The topological polar surface area (TPSA) is 57.5 Å². The first-order chi connectivity index (χ1) is 13.0. The van der Waals surface area contributed by atoms with Gasteiger partial charge in [0.25, 0.3) is 0 Å². The van der Waals surface area contributed by atoms with Gasteiger partial charge in [0.05, 0.1) is 17.8 Å². The molecule has 2 bridgehead atoms. The van der Waals surface area contributed by atoms with Gasteiger partial charge in [-0.25, -0.2) is 9.80 Å². The molecule has 2 aromatic rings. The Morgan fingerprint density at radius 3 is 2.26 bits per heavy atom. The second kappa shape index (κ2) is 5.55. The van der Waals surface area contributed by atoms with Crippen LogP contribution in [-0.2, 0) is 4.74 Å². The van der Waals surface area contributed by atoms with Gasteiger partial charge in [-0.3, -0.25) is 4.90 Å². The highest BCUT2D eigenvalue weighted by atomic mass is 16.6. The van der Waals surface area contributed by atoms with Crippen molar-refractivity contribution in [3.63, 3.8) is 0 Å². The predicted octanol–water partition coefficient (Wildman–Crippen LogP) is 4.66. The summed E-state index contributed by atoms with van der Waals surface area (Å²) in [6.07, 6.45) is -0.286. The molecular formula is C21H22N4O2. The van der Waals surface area contributed by atoms with Crippen molar-refractivity contribution >= 4 is 11.8 Å². The van der Waals surface area contributed by atoms with Crippen LogP contribution in [0.1, 0.15) is 44.0 Å². The van der Waals surface area contributed by atoms with Gasteiger partial charge in [-0.2, -0.15) is 5.11 Å².